The van der Waals surface area contributed by atoms with Crippen LogP contribution in [0.2, 0.25) is 0 Å². The van der Waals surface area contributed by atoms with Crippen LogP contribution in [0.4, 0.5) is 5.69 Å². The minimum atomic E-state index is -1.32. The highest BCUT2D eigenvalue weighted by atomic mass is 16.4. The number of nitrogens with zero attached hydrogens (tertiary/aromatic N) is 1. The molecule has 2 amide bonds. The number of imide groups is 1. The Morgan fingerprint density at radius 3 is 2.04 bits per heavy atom. The maximum absolute atomic E-state index is 12.7. The molecule has 1 aliphatic carbocycles. The van der Waals surface area contributed by atoms with Gasteiger partial charge in [0.25, 0.3) is 0 Å². The molecule has 0 radical (unpaired) electrons. The van der Waals surface area contributed by atoms with E-state index in [0.717, 1.165) is 17.4 Å². The highest BCUT2D eigenvalue weighted by Gasteiger charge is 2.50. The second-order valence-electron chi connectivity index (χ2n) is 6.52. The van der Waals surface area contributed by atoms with Gasteiger partial charge in [-0.25, -0.2) is 9.59 Å². The van der Waals surface area contributed by atoms with Crippen molar-refractivity contribution in [2.75, 3.05) is 4.90 Å². The van der Waals surface area contributed by atoms with Crippen molar-refractivity contribution in [3.05, 3.63) is 29.3 Å². The second-order valence-corrected chi connectivity index (χ2v) is 6.52. The number of hydrogen-bond donors (Lipinski definition) is 2. The van der Waals surface area contributed by atoms with Crippen LogP contribution < -0.4 is 4.90 Å². The van der Waals surface area contributed by atoms with Crippen LogP contribution in [0.1, 0.15) is 46.9 Å². The molecule has 0 spiro atoms. The molecule has 0 aromatic heterocycles. The summed E-state index contributed by atoms with van der Waals surface area (Å²) in [6.45, 7) is 2.03. The minimum absolute atomic E-state index is 0.0179. The van der Waals surface area contributed by atoms with Crippen molar-refractivity contribution in [3.63, 3.8) is 0 Å². The van der Waals surface area contributed by atoms with Gasteiger partial charge in [0, 0.05) is 0 Å². The zero-order valence-corrected chi connectivity index (χ0v) is 13.1. The number of aromatic carboxylic acids is 2. The van der Waals surface area contributed by atoms with Crippen LogP contribution in [-0.2, 0) is 9.59 Å². The van der Waals surface area contributed by atoms with Crippen LogP contribution in [0.25, 0.3) is 0 Å². The van der Waals surface area contributed by atoms with Crippen molar-refractivity contribution < 1.29 is 29.4 Å². The molecule has 1 aliphatic heterocycles. The Labute approximate surface area is 137 Å². The van der Waals surface area contributed by atoms with Crippen molar-refractivity contribution >= 4 is 29.4 Å². The summed E-state index contributed by atoms with van der Waals surface area (Å²) >= 11 is 0. The van der Waals surface area contributed by atoms with Gasteiger partial charge in [0.15, 0.2) is 0 Å². The fraction of sp³-hybridized carbons (Fsp3) is 0.412. The Bertz CT molecular complexity index is 723. The number of carboxylic acids is 2. The van der Waals surface area contributed by atoms with Crippen LogP contribution in [0.5, 0.6) is 0 Å². The fourth-order valence-electron chi connectivity index (χ4n) is 3.63. The summed E-state index contributed by atoms with van der Waals surface area (Å²) in [5.74, 6) is -3.80. The number of amides is 2. The molecular weight excluding hydrogens is 314 g/mol. The Hall–Kier alpha value is -2.70. The lowest BCUT2D eigenvalue weighted by molar-refractivity contribution is -0.122. The van der Waals surface area contributed by atoms with Gasteiger partial charge in [-0.05, 0) is 43.4 Å². The van der Waals surface area contributed by atoms with Crippen LogP contribution in [0.3, 0.4) is 0 Å². The third-order valence-corrected chi connectivity index (χ3v) is 4.86. The first-order valence-corrected chi connectivity index (χ1v) is 7.79. The number of carboxylic acid groups (broad SMARTS) is 2. The lowest BCUT2D eigenvalue weighted by atomic mass is 9.76. The molecule has 24 heavy (non-hydrogen) atoms. The number of carbonyl (C=O) groups excluding carboxylic acids is 2. The molecule has 7 heteroatoms. The Morgan fingerprint density at radius 2 is 1.50 bits per heavy atom. The average molecular weight is 331 g/mol. The molecule has 3 atom stereocenters. The van der Waals surface area contributed by atoms with E-state index < -0.39 is 23.8 Å². The van der Waals surface area contributed by atoms with Crippen LogP contribution in [0, 0.1) is 17.8 Å². The highest BCUT2D eigenvalue weighted by molar-refractivity contribution is 6.22. The summed E-state index contributed by atoms with van der Waals surface area (Å²) in [5.41, 5.74) is -0.521. The molecular formula is C17H17NO6. The molecule has 7 nitrogen and oxygen atoms in total. The standard InChI is InChI=1S/C17H17NO6/c1-8-2-3-12-13(4-8)15(20)18(14(12)19)11-6-9(16(21)22)5-10(7-11)17(23)24/h5-8,12-13H,2-4H2,1H3,(H,21,22)(H,23,24)/t8-,12-,13-/m1/s1. The molecule has 2 N–H and O–H groups in total. The number of hydrogen-bond acceptors (Lipinski definition) is 4. The number of carbonyl (C=O) groups is 4. The summed E-state index contributed by atoms with van der Waals surface area (Å²) < 4.78 is 0. The minimum Gasteiger partial charge on any atom is -0.478 e. The topological polar surface area (TPSA) is 112 Å². The van der Waals surface area contributed by atoms with Crippen LogP contribution >= 0.6 is 0 Å². The third kappa shape index (κ3) is 2.55. The predicted molar refractivity (Wildman–Crippen MR) is 82.8 cm³/mol. The van der Waals surface area contributed by atoms with E-state index in [1.807, 2.05) is 6.92 Å². The maximum Gasteiger partial charge on any atom is 0.335 e. The Balaban J connectivity index is 2.05. The second kappa shape index (κ2) is 5.74. The van der Waals surface area contributed by atoms with Gasteiger partial charge in [-0.3, -0.25) is 14.5 Å². The Morgan fingerprint density at radius 1 is 0.958 bits per heavy atom. The van der Waals surface area contributed by atoms with Crippen molar-refractivity contribution in [3.8, 4) is 0 Å². The summed E-state index contributed by atoms with van der Waals surface area (Å²) in [7, 11) is 0. The smallest absolute Gasteiger partial charge is 0.335 e. The van der Waals surface area contributed by atoms with Crippen molar-refractivity contribution in [1.82, 2.24) is 0 Å². The average Bonchev–Trinajstić information content (AvgIpc) is 2.77. The molecule has 126 valence electrons. The van der Waals surface area contributed by atoms with Gasteiger partial charge in [-0.1, -0.05) is 6.92 Å². The highest BCUT2D eigenvalue weighted by Crippen LogP contribution is 2.42. The van der Waals surface area contributed by atoms with Gasteiger partial charge < -0.3 is 10.2 Å². The summed E-state index contributed by atoms with van der Waals surface area (Å²) in [6.07, 6.45) is 2.11. The monoisotopic (exact) mass is 331 g/mol. The van der Waals surface area contributed by atoms with Crippen molar-refractivity contribution in [1.29, 1.82) is 0 Å². The first-order valence-electron chi connectivity index (χ1n) is 7.79. The molecule has 1 aromatic rings. The van der Waals surface area contributed by atoms with E-state index in [9.17, 15) is 19.2 Å². The van der Waals surface area contributed by atoms with Crippen LogP contribution in [-0.4, -0.2) is 34.0 Å². The van der Waals surface area contributed by atoms with Crippen LogP contribution in [0.15, 0.2) is 18.2 Å². The van der Waals surface area contributed by atoms with E-state index in [0.29, 0.717) is 18.8 Å². The molecule has 0 bridgehead atoms. The molecule has 2 aliphatic rings. The van der Waals surface area contributed by atoms with E-state index in [1.54, 1.807) is 0 Å². The van der Waals surface area contributed by atoms with E-state index in [2.05, 4.69) is 0 Å². The van der Waals surface area contributed by atoms with Crippen molar-refractivity contribution in [2.24, 2.45) is 17.8 Å². The quantitative estimate of drug-likeness (QED) is 0.819. The van der Waals surface area contributed by atoms with E-state index in [4.69, 9.17) is 10.2 Å². The molecule has 1 heterocycles. The summed E-state index contributed by atoms with van der Waals surface area (Å²) in [4.78, 5) is 48.7. The number of fused-ring (bicyclic) bond motifs is 1. The largest absolute Gasteiger partial charge is 0.478 e. The number of rotatable bonds is 3. The zero-order valence-electron chi connectivity index (χ0n) is 13.1. The van der Waals surface area contributed by atoms with Gasteiger partial charge >= 0.3 is 11.9 Å². The van der Waals surface area contributed by atoms with Gasteiger partial charge in [-0.15, -0.1) is 0 Å². The molecule has 2 fully saturated rings. The fourth-order valence-corrected chi connectivity index (χ4v) is 3.63. The molecule has 1 saturated carbocycles. The lowest BCUT2D eigenvalue weighted by Crippen LogP contribution is -2.31. The molecule has 1 saturated heterocycles. The zero-order chi connectivity index (χ0) is 17.6. The normalized spacial score (nSPS) is 26.4. The molecule has 0 unspecified atom stereocenters. The predicted octanol–water partition coefficient (Wildman–Crippen LogP) is 2.01. The Kier molecular flexibility index (Phi) is 3.87. The van der Waals surface area contributed by atoms with E-state index >= 15 is 0 Å². The maximum atomic E-state index is 12.7. The first-order chi connectivity index (χ1) is 11.3. The van der Waals surface area contributed by atoms with Gasteiger partial charge in [0.05, 0.1) is 28.7 Å². The summed E-state index contributed by atoms with van der Waals surface area (Å²) in [5, 5.41) is 18.3. The van der Waals surface area contributed by atoms with E-state index in [1.165, 1.54) is 12.1 Å². The number of anilines is 1. The lowest BCUT2D eigenvalue weighted by Gasteiger charge is -2.25. The first kappa shape index (κ1) is 16.2. The summed E-state index contributed by atoms with van der Waals surface area (Å²) in [6, 6.07) is 3.35. The van der Waals surface area contributed by atoms with Gasteiger partial charge in [0.1, 0.15) is 0 Å². The van der Waals surface area contributed by atoms with Crippen molar-refractivity contribution in [2.45, 2.75) is 26.2 Å². The SMILES string of the molecule is C[C@@H]1CC[C@H]2C(=O)N(c3cc(C(=O)O)cc(C(=O)O)c3)C(=O)[C@@H]2C1. The molecule has 1 aromatic carbocycles. The van der Waals surface area contributed by atoms with Gasteiger partial charge in [-0.2, -0.15) is 0 Å². The molecule has 3 rings (SSSR count). The number of benzene rings is 1. The third-order valence-electron chi connectivity index (χ3n) is 4.86. The van der Waals surface area contributed by atoms with E-state index in [-0.39, 0.29) is 28.6 Å². The van der Waals surface area contributed by atoms with Gasteiger partial charge in [0.2, 0.25) is 11.8 Å².